The van der Waals surface area contributed by atoms with Gasteiger partial charge in [0, 0.05) is 37.8 Å². The molecule has 1 aliphatic heterocycles. The molecule has 3 heteroatoms. The summed E-state index contributed by atoms with van der Waals surface area (Å²) in [6.07, 6.45) is 7.75. The van der Waals surface area contributed by atoms with Crippen LogP contribution >= 0.6 is 0 Å². The number of furan rings is 1. The molecule has 0 radical (unpaired) electrons. The summed E-state index contributed by atoms with van der Waals surface area (Å²) in [5, 5.41) is 3.76. The summed E-state index contributed by atoms with van der Waals surface area (Å²) in [4.78, 5) is 0. The van der Waals surface area contributed by atoms with Crippen molar-refractivity contribution in [2.45, 2.75) is 45.1 Å². The van der Waals surface area contributed by atoms with E-state index in [4.69, 9.17) is 9.15 Å². The Morgan fingerprint density at radius 1 is 1.39 bits per heavy atom. The van der Waals surface area contributed by atoms with Crippen molar-refractivity contribution in [3.63, 3.8) is 0 Å². The minimum Gasteiger partial charge on any atom is -0.469 e. The molecule has 0 amide bonds. The van der Waals surface area contributed by atoms with Gasteiger partial charge < -0.3 is 14.5 Å². The van der Waals surface area contributed by atoms with Gasteiger partial charge in [-0.05, 0) is 37.2 Å². The van der Waals surface area contributed by atoms with E-state index in [1.165, 1.54) is 37.0 Å². The van der Waals surface area contributed by atoms with Crippen LogP contribution in [0.4, 0.5) is 0 Å². The molecule has 1 aliphatic carbocycles. The van der Waals surface area contributed by atoms with Crippen molar-refractivity contribution in [1.29, 1.82) is 0 Å². The Bertz CT molecular complexity index is 393. The third-order valence-corrected chi connectivity index (χ3v) is 4.53. The van der Waals surface area contributed by atoms with Crippen molar-refractivity contribution in [2.75, 3.05) is 19.8 Å². The molecule has 3 rings (SSSR count). The summed E-state index contributed by atoms with van der Waals surface area (Å²) in [6, 6.07) is 2.63. The van der Waals surface area contributed by atoms with E-state index in [-0.39, 0.29) is 0 Å². The lowest BCUT2D eigenvalue weighted by atomic mass is 9.81. The number of rotatable bonds is 3. The van der Waals surface area contributed by atoms with E-state index in [0.717, 1.165) is 26.2 Å². The molecular weight excluding hydrogens is 226 g/mol. The summed E-state index contributed by atoms with van der Waals surface area (Å²) in [6.45, 7) is 5.30. The maximum atomic E-state index is 5.54. The number of fused-ring (bicyclic) bond motifs is 1. The molecule has 1 N–H and O–H groups in total. The maximum absolute atomic E-state index is 5.54. The van der Waals surface area contributed by atoms with Gasteiger partial charge in [0.15, 0.2) is 0 Å². The van der Waals surface area contributed by atoms with Crippen molar-refractivity contribution in [2.24, 2.45) is 5.41 Å². The Morgan fingerprint density at radius 3 is 3.06 bits per heavy atom. The lowest BCUT2D eigenvalue weighted by Crippen LogP contribution is -2.39. The molecule has 1 aromatic heterocycles. The third kappa shape index (κ3) is 2.47. The zero-order valence-electron chi connectivity index (χ0n) is 11.2. The van der Waals surface area contributed by atoms with Crippen LogP contribution in [0, 0.1) is 5.41 Å². The molecule has 1 saturated heterocycles. The minimum atomic E-state index is 0.402. The molecule has 1 atom stereocenters. The molecule has 100 valence electrons. The number of aryl methyl sites for hydroxylation is 1. The fraction of sp³-hybridized carbons (Fsp3) is 0.733. The van der Waals surface area contributed by atoms with E-state index in [0.29, 0.717) is 11.5 Å². The van der Waals surface area contributed by atoms with Gasteiger partial charge in [0.25, 0.3) is 0 Å². The van der Waals surface area contributed by atoms with E-state index in [1.807, 2.05) is 6.26 Å². The Labute approximate surface area is 109 Å². The maximum Gasteiger partial charge on any atom is 0.108 e. The molecule has 18 heavy (non-hydrogen) atoms. The van der Waals surface area contributed by atoms with Crippen molar-refractivity contribution in [1.82, 2.24) is 5.32 Å². The van der Waals surface area contributed by atoms with E-state index >= 15 is 0 Å². The Hall–Kier alpha value is -0.800. The second-order valence-corrected chi connectivity index (χ2v) is 6.05. The zero-order valence-corrected chi connectivity index (χ0v) is 11.2. The fourth-order valence-electron chi connectivity index (χ4n) is 3.11. The third-order valence-electron chi connectivity index (χ3n) is 4.53. The summed E-state index contributed by atoms with van der Waals surface area (Å²) in [5.74, 6) is 1.19. The molecule has 0 saturated carbocycles. The monoisotopic (exact) mass is 249 g/mol. The van der Waals surface area contributed by atoms with E-state index in [9.17, 15) is 0 Å². The van der Waals surface area contributed by atoms with Crippen molar-refractivity contribution >= 4 is 0 Å². The zero-order chi connectivity index (χ0) is 12.4. The number of hydrogen-bond donors (Lipinski definition) is 1. The molecule has 1 fully saturated rings. The van der Waals surface area contributed by atoms with Crippen LogP contribution in [0.5, 0.6) is 0 Å². The first kappa shape index (κ1) is 12.2. The highest BCUT2D eigenvalue weighted by atomic mass is 16.5. The van der Waals surface area contributed by atoms with Crippen LogP contribution in [-0.4, -0.2) is 19.8 Å². The van der Waals surface area contributed by atoms with Crippen LogP contribution in [0.2, 0.25) is 0 Å². The average molecular weight is 249 g/mol. The smallest absolute Gasteiger partial charge is 0.108 e. The van der Waals surface area contributed by atoms with Gasteiger partial charge in [-0.2, -0.15) is 0 Å². The number of hydrogen-bond acceptors (Lipinski definition) is 3. The van der Waals surface area contributed by atoms with Gasteiger partial charge in [0.1, 0.15) is 5.76 Å². The molecule has 1 unspecified atom stereocenters. The first-order valence-corrected chi connectivity index (χ1v) is 7.14. The molecule has 0 aromatic carbocycles. The van der Waals surface area contributed by atoms with Crippen LogP contribution in [0.1, 0.15) is 50.0 Å². The van der Waals surface area contributed by atoms with Gasteiger partial charge in [-0.3, -0.25) is 0 Å². The standard InChI is InChI=1S/C15H23NO2/c1-15(6-9-17-10-7-15)11-16-13-3-2-4-14-12(13)5-8-18-14/h5,8,13,16H,2-4,6-7,9-11H2,1H3. The van der Waals surface area contributed by atoms with Gasteiger partial charge in [-0.1, -0.05) is 6.92 Å². The van der Waals surface area contributed by atoms with Crippen molar-refractivity contribution in [3.8, 4) is 0 Å². The Balaban J connectivity index is 1.61. The quantitative estimate of drug-likeness (QED) is 0.894. The highest BCUT2D eigenvalue weighted by Crippen LogP contribution is 2.33. The normalized spacial score (nSPS) is 26.8. The van der Waals surface area contributed by atoms with Gasteiger partial charge >= 0.3 is 0 Å². The molecule has 0 spiro atoms. The number of nitrogens with one attached hydrogen (secondary N) is 1. The van der Waals surface area contributed by atoms with Crippen molar-refractivity contribution in [3.05, 3.63) is 23.7 Å². The Kier molecular flexibility index (Phi) is 3.44. The molecular formula is C15H23NO2. The van der Waals surface area contributed by atoms with Crippen LogP contribution in [-0.2, 0) is 11.2 Å². The lowest BCUT2D eigenvalue weighted by Gasteiger charge is -2.35. The van der Waals surface area contributed by atoms with Crippen LogP contribution in [0.3, 0.4) is 0 Å². The summed E-state index contributed by atoms with van der Waals surface area (Å²) >= 11 is 0. The predicted octanol–water partition coefficient (Wildman–Crippen LogP) is 3.06. The van der Waals surface area contributed by atoms with Gasteiger partial charge in [-0.25, -0.2) is 0 Å². The second kappa shape index (κ2) is 5.06. The largest absolute Gasteiger partial charge is 0.469 e. The first-order chi connectivity index (χ1) is 8.77. The minimum absolute atomic E-state index is 0.402. The first-order valence-electron chi connectivity index (χ1n) is 7.14. The van der Waals surface area contributed by atoms with Gasteiger partial charge in [0.05, 0.1) is 6.26 Å². The highest BCUT2D eigenvalue weighted by molar-refractivity contribution is 5.24. The molecule has 0 bridgehead atoms. The van der Waals surface area contributed by atoms with Crippen LogP contribution < -0.4 is 5.32 Å². The van der Waals surface area contributed by atoms with Crippen LogP contribution in [0.25, 0.3) is 0 Å². The molecule has 2 aliphatic rings. The number of ether oxygens (including phenoxy) is 1. The average Bonchev–Trinajstić information content (AvgIpc) is 2.86. The van der Waals surface area contributed by atoms with E-state index < -0.39 is 0 Å². The summed E-state index contributed by atoms with van der Waals surface area (Å²) in [7, 11) is 0. The van der Waals surface area contributed by atoms with Gasteiger partial charge in [0.2, 0.25) is 0 Å². The lowest BCUT2D eigenvalue weighted by molar-refractivity contribution is 0.0225. The summed E-state index contributed by atoms with van der Waals surface area (Å²) < 4.78 is 11.0. The van der Waals surface area contributed by atoms with Gasteiger partial charge in [-0.15, -0.1) is 0 Å². The molecule has 3 nitrogen and oxygen atoms in total. The predicted molar refractivity (Wildman–Crippen MR) is 70.5 cm³/mol. The molecule has 2 heterocycles. The topological polar surface area (TPSA) is 34.4 Å². The fourth-order valence-corrected chi connectivity index (χ4v) is 3.11. The SMILES string of the molecule is CC1(CNC2CCCc3occc32)CCOCC1. The van der Waals surface area contributed by atoms with Crippen molar-refractivity contribution < 1.29 is 9.15 Å². The Morgan fingerprint density at radius 2 is 2.22 bits per heavy atom. The van der Waals surface area contributed by atoms with E-state index in [2.05, 4.69) is 18.3 Å². The summed E-state index contributed by atoms with van der Waals surface area (Å²) in [5.41, 5.74) is 1.79. The molecule has 1 aromatic rings. The highest BCUT2D eigenvalue weighted by Gasteiger charge is 2.29. The second-order valence-electron chi connectivity index (χ2n) is 6.05. The van der Waals surface area contributed by atoms with Crippen LogP contribution in [0.15, 0.2) is 16.7 Å². The van der Waals surface area contributed by atoms with E-state index in [1.54, 1.807) is 0 Å².